The molecule has 2 fully saturated rings. The Hall–Kier alpha value is -2.62. The number of benzene rings is 1. The predicted molar refractivity (Wildman–Crippen MR) is 155 cm³/mol. The van der Waals surface area contributed by atoms with Gasteiger partial charge in [-0.05, 0) is 92.6 Å². The Morgan fingerprint density at radius 1 is 1.32 bits per heavy atom. The van der Waals surface area contributed by atoms with Crippen molar-refractivity contribution in [3.8, 4) is 0 Å². The van der Waals surface area contributed by atoms with Crippen LogP contribution in [0.3, 0.4) is 0 Å². The number of thiol groups is 1. The fourth-order valence-electron chi connectivity index (χ4n) is 5.74. The zero-order valence-electron chi connectivity index (χ0n) is 22.5. The molecule has 0 aliphatic heterocycles. The first-order valence-electron chi connectivity index (χ1n) is 13.5. The van der Waals surface area contributed by atoms with Crippen molar-refractivity contribution >= 4 is 30.0 Å². The van der Waals surface area contributed by atoms with Gasteiger partial charge in [-0.2, -0.15) is 12.6 Å². The third-order valence-corrected chi connectivity index (χ3v) is 8.91. The largest absolute Gasteiger partial charge is 0.381 e. The van der Waals surface area contributed by atoms with Gasteiger partial charge < -0.3 is 26.0 Å². The molecule has 1 aromatic heterocycles. The Labute approximate surface area is 230 Å². The number of pyridine rings is 1. The number of nitrogens with one attached hydrogen (secondary N) is 2. The first kappa shape index (κ1) is 27.0. The van der Waals surface area contributed by atoms with E-state index < -0.39 is 5.54 Å². The van der Waals surface area contributed by atoms with E-state index in [1.807, 2.05) is 0 Å². The highest BCUT2D eigenvalue weighted by Gasteiger charge is 2.48. The van der Waals surface area contributed by atoms with Crippen LogP contribution < -0.4 is 16.4 Å². The first-order valence-corrected chi connectivity index (χ1v) is 14.0. The van der Waals surface area contributed by atoms with E-state index in [9.17, 15) is 4.39 Å². The van der Waals surface area contributed by atoms with Crippen LogP contribution in [0.2, 0.25) is 0 Å². The van der Waals surface area contributed by atoms with Gasteiger partial charge in [0.2, 0.25) is 0 Å². The quantitative estimate of drug-likeness (QED) is 0.195. The number of fused-ring (bicyclic) bond motifs is 1. The van der Waals surface area contributed by atoms with Gasteiger partial charge in [0.25, 0.3) is 0 Å². The Balaban J connectivity index is 1.31. The Morgan fingerprint density at radius 2 is 2.11 bits per heavy atom. The van der Waals surface area contributed by atoms with Gasteiger partial charge in [0.1, 0.15) is 5.82 Å². The zero-order valence-corrected chi connectivity index (χ0v) is 23.4. The number of nitrogens with two attached hydrogens (primary N) is 1. The number of hydrogen-bond donors (Lipinski definition) is 4. The average molecular weight is 539 g/mol. The molecule has 0 bridgehead atoms. The number of halogens is 1. The van der Waals surface area contributed by atoms with Crippen LogP contribution in [-0.2, 0) is 16.7 Å². The van der Waals surface area contributed by atoms with Gasteiger partial charge in [0, 0.05) is 38.1 Å². The van der Waals surface area contributed by atoms with E-state index in [4.69, 9.17) is 23.1 Å². The van der Waals surface area contributed by atoms with E-state index in [0.717, 1.165) is 68.7 Å². The molecule has 2 saturated carbocycles. The van der Waals surface area contributed by atoms with Gasteiger partial charge in [-0.3, -0.25) is 9.98 Å². The summed E-state index contributed by atoms with van der Waals surface area (Å²) in [5.41, 5.74) is 12.3. The number of hydrogen-bond acceptors (Lipinski definition) is 6. The summed E-state index contributed by atoms with van der Waals surface area (Å²) in [6.45, 7) is 2.04. The molecule has 9 heteroatoms. The molecule has 1 aromatic carbocycles. The third kappa shape index (κ3) is 5.70. The smallest absolute Gasteiger partial charge is 0.189 e. The standard InChI is InChI=1S/C29H39FN6OS/c1-32-28(31)35-29(26(38)10-11-36(2)17-18-12-23(13-18)37-3)15-20-6-8-22(14-24(20)29)34-27(19-4-5-19)25-9-7-21(30)16-33-25/h6-9,14,16,18,23,26,34,38H,4-5,10-13,15,17H2,1-3H3,(H3,31,32,35)/t18?,23?,26?,29-/m1/s1. The number of ether oxygens (including phenoxy) is 1. The monoisotopic (exact) mass is 538 g/mol. The van der Waals surface area contributed by atoms with E-state index in [1.54, 1.807) is 20.2 Å². The molecular formula is C29H39FN6OS. The summed E-state index contributed by atoms with van der Waals surface area (Å²) >= 11 is 5.13. The lowest BCUT2D eigenvalue weighted by Crippen LogP contribution is -2.61. The van der Waals surface area contributed by atoms with Crippen molar-refractivity contribution < 1.29 is 9.13 Å². The first-order chi connectivity index (χ1) is 18.3. The molecule has 204 valence electrons. The fraction of sp³-hybridized carbons (Fsp3) is 0.517. The molecular weight excluding hydrogens is 499 g/mol. The summed E-state index contributed by atoms with van der Waals surface area (Å²) < 4.78 is 18.9. The number of rotatable bonds is 11. The number of anilines is 1. The Bertz CT molecular complexity index is 1210. The molecule has 38 heavy (non-hydrogen) atoms. The summed E-state index contributed by atoms with van der Waals surface area (Å²) in [6.07, 6.45) is 7.80. The summed E-state index contributed by atoms with van der Waals surface area (Å²) in [5.74, 6) is 0.790. The van der Waals surface area contributed by atoms with Crippen LogP contribution in [0.25, 0.3) is 5.70 Å². The van der Waals surface area contributed by atoms with E-state index in [2.05, 4.69) is 50.8 Å². The number of guanidine groups is 1. The number of nitrogens with zero attached hydrogens (tertiary/aromatic N) is 3. The molecule has 5 rings (SSSR count). The number of aliphatic imine (C=N–C) groups is 1. The maximum atomic E-state index is 13.5. The van der Waals surface area contributed by atoms with Gasteiger partial charge in [0.15, 0.2) is 5.96 Å². The molecule has 1 unspecified atom stereocenters. The van der Waals surface area contributed by atoms with Gasteiger partial charge in [-0.15, -0.1) is 0 Å². The molecule has 0 spiro atoms. The lowest BCUT2D eigenvalue weighted by Gasteiger charge is -2.49. The highest BCUT2D eigenvalue weighted by Crippen LogP contribution is 2.46. The highest BCUT2D eigenvalue weighted by molar-refractivity contribution is 7.81. The molecule has 4 N–H and O–H groups in total. The van der Waals surface area contributed by atoms with Crippen LogP contribution in [-0.4, -0.2) is 61.5 Å². The minimum Gasteiger partial charge on any atom is -0.381 e. The second-order valence-corrected chi connectivity index (χ2v) is 11.6. The lowest BCUT2D eigenvalue weighted by atomic mass is 9.67. The summed E-state index contributed by atoms with van der Waals surface area (Å²) in [7, 11) is 5.69. The SMILES string of the molecule is CN=C(N)N[C@]1(C(S)CCN(C)CC2CC(OC)C2)Cc2ccc(NC(=C3CC3)c3ccc(F)cn3)cc21. The zero-order chi connectivity index (χ0) is 26.9. The lowest BCUT2D eigenvalue weighted by molar-refractivity contribution is -0.00856. The Kier molecular flexibility index (Phi) is 7.98. The van der Waals surface area contributed by atoms with Crippen LogP contribution in [0.5, 0.6) is 0 Å². The van der Waals surface area contributed by atoms with Crippen molar-refractivity contribution in [1.29, 1.82) is 0 Å². The van der Waals surface area contributed by atoms with E-state index in [0.29, 0.717) is 18.0 Å². The summed E-state index contributed by atoms with van der Waals surface area (Å²) in [5, 5.41) is 7.13. The fourth-order valence-corrected chi connectivity index (χ4v) is 6.15. The maximum absolute atomic E-state index is 13.5. The topological polar surface area (TPSA) is 87.8 Å². The third-order valence-electron chi connectivity index (χ3n) is 8.21. The summed E-state index contributed by atoms with van der Waals surface area (Å²) in [6, 6.07) is 9.64. The summed E-state index contributed by atoms with van der Waals surface area (Å²) in [4.78, 5) is 10.9. The van der Waals surface area contributed by atoms with E-state index >= 15 is 0 Å². The molecule has 2 atom stereocenters. The molecule has 2 aromatic rings. The molecule has 0 saturated heterocycles. The minimum atomic E-state index is -0.404. The van der Waals surface area contributed by atoms with Crippen molar-refractivity contribution in [2.75, 3.05) is 39.6 Å². The molecule has 3 aliphatic carbocycles. The normalized spacial score (nSPS) is 24.8. The van der Waals surface area contributed by atoms with Crippen LogP contribution in [0.15, 0.2) is 47.1 Å². The van der Waals surface area contributed by atoms with Crippen molar-refractivity contribution in [2.24, 2.45) is 16.6 Å². The second kappa shape index (κ2) is 11.2. The molecule has 0 amide bonds. The van der Waals surface area contributed by atoms with Crippen molar-refractivity contribution in [3.63, 3.8) is 0 Å². The van der Waals surface area contributed by atoms with Crippen LogP contribution in [0, 0.1) is 11.7 Å². The predicted octanol–water partition coefficient (Wildman–Crippen LogP) is 4.17. The average Bonchev–Trinajstić information content (AvgIpc) is 3.72. The van der Waals surface area contributed by atoms with Crippen LogP contribution in [0.1, 0.15) is 48.9 Å². The molecule has 1 heterocycles. The van der Waals surface area contributed by atoms with Crippen molar-refractivity contribution in [3.05, 3.63) is 64.7 Å². The number of aromatic nitrogens is 1. The van der Waals surface area contributed by atoms with E-state index in [1.165, 1.54) is 29.0 Å². The second-order valence-electron chi connectivity index (χ2n) is 11.0. The van der Waals surface area contributed by atoms with Crippen molar-refractivity contribution in [2.45, 2.75) is 55.4 Å². The van der Waals surface area contributed by atoms with Crippen molar-refractivity contribution in [1.82, 2.24) is 15.2 Å². The van der Waals surface area contributed by atoms with Gasteiger partial charge in [-0.25, -0.2) is 4.39 Å². The molecule has 0 radical (unpaired) electrons. The van der Waals surface area contributed by atoms with Gasteiger partial charge in [0.05, 0.1) is 29.2 Å². The maximum Gasteiger partial charge on any atom is 0.189 e. The Morgan fingerprint density at radius 3 is 2.76 bits per heavy atom. The van der Waals surface area contributed by atoms with Gasteiger partial charge >= 0.3 is 0 Å². The number of methoxy groups -OCH3 is 1. The van der Waals surface area contributed by atoms with Crippen LogP contribution >= 0.6 is 12.6 Å². The number of allylic oxidation sites excluding steroid dienone is 1. The minimum absolute atomic E-state index is 0.0427. The highest BCUT2D eigenvalue weighted by atomic mass is 32.1. The molecule has 3 aliphatic rings. The van der Waals surface area contributed by atoms with E-state index in [-0.39, 0.29) is 11.1 Å². The van der Waals surface area contributed by atoms with Crippen LogP contribution in [0.4, 0.5) is 10.1 Å². The molecule has 7 nitrogen and oxygen atoms in total. The van der Waals surface area contributed by atoms with Gasteiger partial charge in [-0.1, -0.05) is 6.07 Å².